The molecule has 16 heavy (non-hydrogen) atoms. The van der Waals surface area contributed by atoms with Crippen LogP contribution in [0.25, 0.3) is 11.3 Å². The molecule has 0 spiro atoms. The first-order valence-corrected chi connectivity index (χ1v) is 5.42. The third-order valence-corrected chi connectivity index (χ3v) is 2.33. The number of pyridine rings is 2. The van der Waals surface area contributed by atoms with Crippen LogP contribution < -0.4 is 5.32 Å². The van der Waals surface area contributed by atoms with Crippen LogP contribution in [0.5, 0.6) is 0 Å². The minimum Gasteiger partial charge on any atom is -0.385 e. The fourth-order valence-corrected chi connectivity index (χ4v) is 1.61. The fourth-order valence-electron chi connectivity index (χ4n) is 1.61. The summed E-state index contributed by atoms with van der Waals surface area (Å²) in [6.45, 7) is 4.98. The van der Waals surface area contributed by atoms with Gasteiger partial charge in [-0.3, -0.25) is 9.97 Å². The van der Waals surface area contributed by atoms with E-state index in [0.29, 0.717) is 0 Å². The van der Waals surface area contributed by atoms with Gasteiger partial charge in [-0.25, -0.2) is 0 Å². The van der Waals surface area contributed by atoms with Crippen LogP contribution in [0.4, 0.5) is 5.69 Å². The van der Waals surface area contributed by atoms with E-state index in [1.165, 1.54) is 0 Å². The molecule has 0 unspecified atom stereocenters. The van der Waals surface area contributed by atoms with E-state index in [1.54, 1.807) is 0 Å². The quantitative estimate of drug-likeness (QED) is 0.851. The highest BCUT2D eigenvalue weighted by molar-refractivity contribution is 5.63. The standard InChI is InChI=1S/C13H15N3/c1-3-14-12-5-7-16-13(9-12)11-4-6-15-10(2)8-11/h4-9H,3H2,1-2H3,(H,14,16). The van der Waals surface area contributed by atoms with E-state index >= 15 is 0 Å². The van der Waals surface area contributed by atoms with Gasteiger partial charge in [-0.2, -0.15) is 0 Å². The minimum absolute atomic E-state index is 0.916. The van der Waals surface area contributed by atoms with Gasteiger partial charge in [0.1, 0.15) is 0 Å². The smallest absolute Gasteiger partial charge is 0.0723 e. The molecule has 3 heteroatoms. The third-order valence-electron chi connectivity index (χ3n) is 2.33. The van der Waals surface area contributed by atoms with Gasteiger partial charge in [0, 0.05) is 35.9 Å². The first-order chi connectivity index (χ1) is 7.79. The zero-order valence-corrected chi connectivity index (χ0v) is 9.57. The number of aryl methyl sites for hydroxylation is 1. The lowest BCUT2D eigenvalue weighted by Gasteiger charge is -2.06. The Balaban J connectivity index is 2.36. The molecule has 3 nitrogen and oxygen atoms in total. The van der Waals surface area contributed by atoms with Crippen molar-refractivity contribution in [2.45, 2.75) is 13.8 Å². The number of aromatic nitrogens is 2. The molecule has 0 aromatic carbocycles. The second-order valence-electron chi connectivity index (χ2n) is 3.65. The van der Waals surface area contributed by atoms with Crippen molar-refractivity contribution in [2.75, 3.05) is 11.9 Å². The second-order valence-corrected chi connectivity index (χ2v) is 3.65. The molecule has 0 aliphatic rings. The van der Waals surface area contributed by atoms with Crippen molar-refractivity contribution in [2.24, 2.45) is 0 Å². The van der Waals surface area contributed by atoms with Crippen LogP contribution in [-0.2, 0) is 0 Å². The van der Waals surface area contributed by atoms with Gasteiger partial charge in [0.15, 0.2) is 0 Å². The van der Waals surface area contributed by atoms with E-state index < -0.39 is 0 Å². The average molecular weight is 213 g/mol. The van der Waals surface area contributed by atoms with Gasteiger partial charge in [-0.1, -0.05) is 0 Å². The highest BCUT2D eigenvalue weighted by atomic mass is 14.9. The Morgan fingerprint density at radius 3 is 2.69 bits per heavy atom. The Labute approximate surface area is 95.6 Å². The summed E-state index contributed by atoms with van der Waals surface area (Å²) in [4.78, 5) is 8.55. The molecule has 0 amide bonds. The summed E-state index contributed by atoms with van der Waals surface area (Å²) in [6, 6.07) is 8.04. The Morgan fingerprint density at radius 1 is 1.12 bits per heavy atom. The van der Waals surface area contributed by atoms with Crippen LogP contribution >= 0.6 is 0 Å². The Morgan fingerprint density at radius 2 is 1.94 bits per heavy atom. The number of anilines is 1. The monoisotopic (exact) mass is 213 g/mol. The normalized spacial score (nSPS) is 10.1. The Hall–Kier alpha value is -1.90. The molecular formula is C13H15N3. The number of hydrogen-bond donors (Lipinski definition) is 1. The molecule has 0 saturated heterocycles. The summed E-state index contributed by atoms with van der Waals surface area (Å²) in [5.74, 6) is 0. The summed E-state index contributed by atoms with van der Waals surface area (Å²) in [7, 11) is 0. The second kappa shape index (κ2) is 4.75. The van der Waals surface area contributed by atoms with E-state index in [1.807, 2.05) is 37.5 Å². The van der Waals surface area contributed by atoms with Crippen molar-refractivity contribution in [3.05, 3.63) is 42.4 Å². The van der Waals surface area contributed by atoms with E-state index in [2.05, 4.69) is 28.3 Å². The van der Waals surface area contributed by atoms with Gasteiger partial charge in [0.25, 0.3) is 0 Å². The van der Waals surface area contributed by atoms with Crippen LogP contribution in [0.1, 0.15) is 12.6 Å². The molecule has 0 aliphatic heterocycles. The van der Waals surface area contributed by atoms with Crippen LogP contribution in [-0.4, -0.2) is 16.5 Å². The van der Waals surface area contributed by atoms with Crippen LogP contribution in [0.2, 0.25) is 0 Å². The number of nitrogens with one attached hydrogen (secondary N) is 1. The fraction of sp³-hybridized carbons (Fsp3) is 0.231. The minimum atomic E-state index is 0.916. The van der Waals surface area contributed by atoms with Crippen molar-refractivity contribution in [1.29, 1.82) is 0 Å². The van der Waals surface area contributed by atoms with Crippen LogP contribution in [0.3, 0.4) is 0 Å². The molecule has 2 aromatic rings. The van der Waals surface area contributed by atoms with Crippen LogP contribution in [0.15, 0.2) is 36.7 Å². The maximum Gasteiger partial charge on any atom is 0.0723 e. The van der Waals surface area contributed by atoms with Gasteiger partial charge in [-0.15, -0.1) is 0 Å². The summed E-state index contributed by atoms with van der Waals surface area (Å²) >= 11 is 0. The molecule has 0 aliphatic carbocycles. The third kappa shape index (κ3) is 2.37. The maximum absolute atomic E-state index is 4.37. The van der Waals surface area contributed by atoms with Crippen molar-refractivity contribution in [3.63, 3.8) is 0 Å². The van der Waals surface area contributed by atoms with Gasteiger partial charge < -0.3 is 5.32 Å². The highest BCUT2D eigenvalue weighted by Gasteiger charge is 2.00. The van der Waals surface area contributed by atoms with Gasteiger partial charge in [0.05, 0.1) is 5.69 Å². The number of rotatable bonds is 3. The largest absolute Gasteiger partial charge is 0.385 e. The van der Waals surface area contributed by atoms with E-state index in [-0.39, 0.29) is 0 Å². The molecule has 2 heterocycles. The summed E-state index contributed by atoms with van der Waals surface area (Å²) < 4.78 is 0. The SMILES string of the molecule is CCNc1ccnc(-c2ccnc(C)c2)c1. The maximum atomic E-state index is 4.37. The zero-order valence-electron chi connectivity index (χ0n) is 9.57. The summed E-state index contributed by atoms with van der Waals surface area (Å²) in [6.07, 6.45) is 3.63. The Bertz CT molecular complexity index is 480. The molecule has 2 rings (SSSR count). The van der Waals surface area contributed by atoms with Crippen molar-refractivity contribution < 1.29 is 0 Å². The molecule has 0 fully saturated rings. The van der Waals surface area contributed by atoms with E-state index in [0.717, 1.165) is 29.2 Å². The van der Waals surface area contributed by atoms with Crippen molar-refractivity contribution >= 4 is 5.69 Å². The molecule has 0 saturated carbocycles. The summed E-state index contributed by atoms with van der Waals surface area (Å²) in [5, 5.41) is 3.28. The van der Waals surface area contributed by atoms with Crippen molar-refractivity contribution in [1.82, 2.24) is 9.97 Å². The number of nitrogens with zero attached hydrogens (tertiary/aromatic N) is 2. The first kappa shape index (κ1) is 10.6. The van der Waals surface area contributed by atoms with E-state index in [9.17, 15) is 0 Å². The molecule has 82 valence electrons. The number of hydrogen-bond acceptors (Lipinski definition) is 3. The van der Waals surface area contributed by atoms with Crippen LogP contribution in [0, 0.1) is 6.92 Å². The highest BCUT2D eigenvalue weighted by Crippen LogP contribution is 2.19. The zero-order chi connectivity index (χ0) is 11.4. The molecular weight excluding hydrogens is 198 g/mol. The predicted molar refractivity (Wildman–Crippen MR) is 66.4 cm³/mol. The topological polar surface area (TPSA) is 37.8 Å². The average Bonchev–Trinajstić information content (AvgIpc) is 2.30. The lowest BCUT2D eigenvalue weighted by Crippen LogP contribution is -1.97. The first-order valence-electron chi connectivity index (χ1n) is 5.42. The van der Waals surface area contributed by atoms with Crippen molar-refractivity contribution in [3.8, 4) is 11.3 Å². The van der Waals surface area contributed by atoms with Gasteiger partial charge in [0.2, 0.25) is 0 Å². The molecule has 0 radical (unpaired) electrons. The molecule has 1 N–H and O–H groups in total. The lowest BCUT2D eigenvalue weighted by atomic mass is 10.1. The molecule has 2 aromatic heterocycles. The lowest BCUT2D eigenvalue weighted by molar-refractivity contribution is 1.18. The Kier molecular flexibility index (Phi) is 3.15. The molecule has 0 bridgehead atoms. The van der Waals surface area contributed by atoms with E-state index in [4.69, 9.17) is 0 Å². The molecule has 0 atom stereocenters. The van der Waals surface area contributed by atoms with Gasteiger partial charge >= 0.3 is 0 Å². The predicted octanol–water partition coefficient (Wildman–Crippen LogP) is 2.88. The summed E-state index contributed by atoms with van der Waals surface area (Å²) in [5.41, 5.74) is 4.19. The van der Waals surface area contributed by atoms with Gasteiger partial charge in [-0.05, 0) is 38.1 Å².